The highest BCUT2D eigenvalue weighted by Gasteiger charge is 2.15. The van der Waals surface area contributed by atoms with Gasteiger partial charge in [0.2, 0.25) is 0 Å². The molecule has 1 unspecified atom stereocenters. The Morgan fingerprint density at radius 3 is 2.20 bits per heavy atom. The number of hydrogen-bond acceptors (Lipinski definition) is 2. The van der Waals surface area contributed by atoms with Crippen molar-refractivity contribution in [2.45, 2.75) is 54.0 Å². The van der Waals surface area contributed by atoms with Crippen molar-refractivity contribution >= 4 is 0 Å². The predicted molar refractivity (Wildman–Crippen MR) is 67.2 cm³/mol. The Morgan fingerprint density at radius 2 is 1.80 bits per heavy atom. The van der Waals surface area contributed by atoms with Crippen molar-refractivity contribution < 1.29 is 4.74 Å². The molecule has 0 rings (SSSR count). The molecule has 0 saturated carbocycles. The van der Waals surface area contributed by atoms with Crippen LogP contribution in [0.25, 0.3) is 0 Å². The molecule has 1 atom stereocenters. The molecule has 0 aliphatic heterocycles. The van der Waals surface area contributed by atoms with Gasteiger partial charge in [-0.3, -0.25) is 0 Å². The van der Waals surface area contributed by atoms with Crippen molar-refractivity contribution in [1.29, 1.82) is 0 Å². The minimum Gasteiger partial charge on any atom is -0.380 e. The Balaban J connectivity index is 3.76. The normalized spacial score (nSPS) is 14.6. The fourth-order valence-corrected chi connectivity index (χ4v) is 1.36. The quantitative estimate of drug-likeness (QED) is 0.704. The molecule has 0 aliphatic rings. The first-order valence-electron chi connectivity index (χ1n) is 6.18. The molecule has 0 aromatic heterocycles. The highest BCUT2D eigenvalue weighted by atomic mass is 16.5. The van der Waals surface area contributed by atoms with Gasteiger partial charge in [-0.15, -0.1) is 0 Å². The van der Waals surface area contributed by atoms with E-state index < -0.39 is 0 Å². The summed E-state index contributed by atoms with van der Waals surface area (Å²) >= 11 is 0. The van der Waals surface area contributed by atoms with Crippen LogP contribution in [0, 0.1) is 11.3 Å². The molecule has 0 bridgehead atoms. The van der Waals surface area contributed by atoms with E-state index in [4.69, 9.17) is 4.74 Å². The van der Waals surface area contributed by atoms with Gasteiger partial charge >= 0.3 is 0 Å². The lowest BCUT2D eigenvalue weighted by atomic mass is 9.92. The lowest BCUT2D eigenvalue weighted by Gasteiger charge is -2.25. The second kappa shape index (κ2) is 7.24. The zero-order valence-electron chi connectivity index (χ0n) is 11.4. The summed E-state index contributed by atoms with van der Waals surface area (Å²) in [5.41, 5.74) is 0.417. The third kappa shape index (κ3) is 8.88. The first kappa shape index (κ1) is 14.9. The smallest absolute Gasteiger partial charge is 0.0621 e. The van der Waals surface area contributed by atoms with E-state index in [1.54, 1.807) is 0 Å². The SMILES string of the molecule is CCOCC(NCCC(C)(C)C)C(C)C. The first-order chi connectivity index (χ1) is 6.87. The molecule has 0 radical (unpaired) electrons. The predicted octanol–water partition coefficient (Wildman–Crippen LogP) is 3.07. The molecule has 0 saturated heterocycles. The highest BCUT2D eigenvalue weighted by Crippen LogP contribution is 2.17. The lowest BCUT2D eigenvalue weighted by Crippen LogP contribution is -2.39. The van der Waals surface area contributed by atoms with Crippen LogP contribution in [-0.4, -0.2) is 25.8 Å². The van der Waals surface area contributed by atoms with Crippen molar-refractivity contribution in [2.24, 2.45) is 11.3 Å². The molecule has 0 aromatic rings. The van der Waals surface area contributed by atoms with Crippen molar-refractivity contribution in [3.8, 4) is 0 Å². The fourth-order valence-electron chi connectivity index (χ4n) is 1.36. The lowest BCUT2D eigenvalue weighted by molar-refractivity contribution is 0.107. The topological polar surface area (TPSA) is 21.3 Å². The molecule has 15 heavy (non-hydrogen) atoms. The Morgan fingerprint density at radius 1 is 1.20 bits per heavy atom. The minimum absolute atomic E-state index is 0.417. The molecule has 0 aliphatic carbocycles. The summed E-state index contributed by atoms with van der Waals surface area (Å²) in [7, 11) is 0. The van der Waals surface area contributed by atoms with Crippen LogP contribution in [-0.2, 0) is 4.74 Å². The van der Waals surface area contributed by atoms with Crippen molar-refractivity contribution in [1.82, 2.24) is 5.32 Å². The van der Waals surface area contributed by atoms with Gasteiger partial charge in [0, 0.05) is 12.6 Å². The van der Waals surface area contributed by atoms with Crippen molar-refractivity contribution in [3.05, 3.63) is 0 Å². The van der Waals surface area contributed by atoms with Crippen LogP contribution >= 0.6 is 0 Å². The van der Waals surface area contributed by atoms with E-state index in [9.17, 15) is 0 Å². The van der Waals surface area contributed by atoms with Crippen LogP contribution < -0.4 is 5.32 Å². The van der Waals surface area contributed by atoms with E-state index in [-0.39, 0.29) is 0 Å². The van der Waals surface area contributed by atoms with Gasteiger partial charge in [0.25, 0.3) is 0 Å². The van der Waals surface area contributed by atoms with E-state index in [1.807, 2.05) is 6.92 Å². The highest BCUT2D eigenvalue weighted by molar-refractivity contribution is 4.72. The van der Waals surface area contributed by atoms with Crippen LogP contribution in [0.15, 0.2) is 0 Å². The fraction of sp³-hybridized carbons (Fsp3) is 1.00. The molecule has 0 aromatic carbocycles. The maximum Gasteiger partial charge on any atom is 0.0621 e. The van der Waals surface area contributed by atoms with Gasteiger partial charge < -0.3 is 10.1 Å². The average molecular weight is 215 g/mol. The zero-order chi connectivity index (χ0) is 11.9. The van der Waals surface area contributed by atoms with Crippen LogP contribution in [0.1, 0.15) is 48.0 Å². The Labute approximate surface area is 95.8 Å². The Bertz CT molecular complexity index is 149. The number of rotatable bonds is 7. The van der Waals surface area contributed by atoms with Gasteiger partial charge in [-0.05, 0) is 31.2 Å². The molecule has 0 amide bonds. The van der Waals surface area contributed by atoms with Crippen LogP contribution in [0.3, 0.4) is 0 Å². The van der Waals surface area contributed by atoms with Gasteiger partial charge in [0.05, 0.1) is 6.61 Å². The number of hydrogen-bond donors (Lipinski definition) is 1. The Kier molecular flexibility index (Phi) is 7.20. The van der Waals surface area contributed by atoms with Crippen molar-refractivity contribution in [2.75, 3.05) is 19.8 Å². The maximum absolute atomic E-state index is 5.48. The summed E-state index contributed by atoms with van der Waals surface area (Å²) in [4.78, 5) is 0. The monoisotopic (exact) mass is 215 g/mol. The molecular weight excluding hydrogens is 186 g/mol. The minimum atomic E-state index is 0.417. The molecule has 0 fully saturated rings. The van der Waals surface area contributed by atoms with Gasteiger partial charge in [-0.25, -0.2) is 0 Å². The summed E-state index contributed by atoms with van der Waals surface area (Å²) in [5.74, 6) is 0.636. The third-order valence-corrected chi connectivity index (χ3v) is 2.59. The van der Waals surface area contributed by atoms with Crippen LogP contribution in [0.5, 0.6) is 0 Å². The largest absolute Gasteiger partial charge is 0.380 e. The molecule has 2 heteroatoms. The maximum atomic E-state index is 5.48. The second-order valence-corrected chi connectivity index (χ2v) is 5.77. The standard InChI is InChI=1S/C13H29NO/c1-7-15-10-12(11(2)3)14-9-8-13(4,5)6/h11-12,14H,7-10H2,1-6H3. The van der Waals surface area contributed by atoms with Crippen LogP contribution in [0.4, 0.5) is 0 Å². The molecular formula is C13H29NO. The molecule has 0 spiro atoms. The zero-order valence-corrected chi connectivity index (χ0v) is 11.4. The molecule has 0 heterocycles. The molecule has 1 N–H and O–H groups in total. The van der Waals surface area contributed by atoms with E-state index in [0.717, 1.165) is 19.8 Å². The first-order valence-corrected chi connectivity index (χ1v) is 6.18. The van der Waals surface area contributed by atoms with E-state index in [0.29, 0.717) is 17.4 Å². The summed E-state index contributed by atoms with van der Waals surface area (Å²) < 4.78 is 5.48. The van der Waals surface area contributed by atoms with E-state index in [2.05, 4.69) is 39.9 Å². The van der Waals surface area contributed by atoms with Gasteiger partial charge in [-0.1, -0.05) is 34.6 Å². The molecule has 92 valence electrons. The summed E-state index contributed by atoms with van der Waals surface area (Å²) in [6.07, 6.45) is 1.21. The number of ether oxygens (including phenoxy) is 1. The summed E-state index contributed by atoms with van der Waals surface area (Å²) in [5, 5.41) is 3.59. The second-order valence-electron chi connectivity index (χ2n) is 5.77. The van der Waals surface area contributed by atoms with E-state index in [1.165, 1.54) is 6.42 Å². The van der Waals surface area contributed by atoms with Crippen molar-refractivity contribution in [3.63, 3.8) is 0 Å². The average Bonchev–Trinajstić information content (AvgIpc) is 2.08. The summed E-state index contributed by atoms with van der Waals surface area (Å²) in [6, 6.07) is 0.493. The van der Waals surface area contributed by atoms with E-state index >= 15 is 0 Å². The van der Waals surface area contributed by atoms with Gasteiger partial charge in [-0.2, -0.15) is 0 Å². The Hall–Kier alpha value is -0.0800. The summed E-state index contributed by atoms with van der Waals surface area (Å²) in [6.45, 7) is 16.1. The van der Waals surface area contributed by atoms with Crippen LogP contribution in [0.2, 0.25) is 0 Å². The van der Waals surface area contributed by atoms with Gasteiger partial charge in [0.15, 0.2) is 0 Å². The molecule has 2 nitrogen and oxygen atoms in total. The van der Waals surface area contributed by atoms with Gasteiger partial charge in [0.1, 0.15) is 0 Å². The number of nitrogens with one attached hydrogen (secondary N) is 1. The third-order valence-electron chi connectivity index (χ3n) is 2.59.